The zero-order chi connectivity index (χ0) is 23.1. The third kappa shape index (κ3) is 6.33. The van der Waals surface area contributed by atoms with E-state index in [0.717, 1.165) is 34.1 Å². The molecule has 3 aromatic rings. The Morgan fingerprint density at radius 3 is 2.19 bits per heavy atom. The molecule has 0 saturated heterocycles. The highest BCUT2D eigenvalue weighted by Gasteiger charge is 2.23. The van der Waals surface area contributed by atoms with Crippen LogP contribution in [0.5, 0.6) is 5.75 Å². The molecular weight excluding hydrogens is 404 g/mol. The van der Waals surface area contributed by atoms with Gasteiger partial charge in [-0.05, 0) is 65.4 Å². The number of hydrogen-bond donors (Lipinski definition) is 0. The van der Waals surface area contributed by atoms with Gasteiger partial charge in [0.2, 0.25) is 6.29 Å². The number of ether oxygens (including phenoxy) is 3. The molecule has 0 aliphatic heterocycles. The van der Waals surface area contributed by atoms with Crippen LogP contribution in [0.1, 0.15) is 39.7 Å². The van der Waals surface area contributed by atoms with Gasteiger partial charge in [-0.15, -0.1) is 0 Å². The number of carbonyl (C=O) groups excluding carboxylic acids is 2. The quantitative estimate of drug-likeness (QED) is 0.309. The smallest absolute Gasteiger partial charge is 0.305 e. The van der Waals surface area contributed by atoms with Gasteiger partial charge in [0, 0.05) is 19.8 Å². The fourth-order valence-corrected chi connectivity index (χ4v) is 3.68. The molecule has 0 N–H and O–H groups in total. The van der Waals surface area contributed by atoms with E-state index in [1.165, 1.54) is 19.4 Å². The molecule has 0 aromatic heterocycles. The average molecular weight is 435 g/mol. The Morgan fingerprint density at radius 2 is 1.50 bits per heavy atom. The van der Waals surface area contributed by atoms with Crippen molar-refractivity contribution in [3.05, 3.63) is 66.2 Å². The first-order valence-electron chi connectivity index (χ1n) is 11.0. The summed E-state index contributed by atoms with van der Waals surface area (Å²) in [4.78, 5) is 22.7. The summed E-state index contributed by atoms with van der Waals surface area (Å²) >= 11 is 0. The summed E-state index contributed by atoms with van der Waals surface area (Å²) in [7, 11) is 0. The van der Waals surface area contributed by atoms with Crippen molar-refractivity contribution >= 4 is 22.7 Å². The van der Waals surface area contributed by atoms with Crippen LogP contribution in [0.25, 0.3) is 21.9 Å². The van der Waals surface area contributed by atoms with Crippen LogP contribution in [0.4, 0.5) is 0 Å². The van der Waals surface area contributed by atoms with E-state index < -0.39 is 18.2 Å². The molecule has 0 spiro atoms. The van der Waals surface area contributed by atoms with E-state index in [2.05, 4.69) is 48.5 Å². The second-order valence-corrected chi connectivity index (χ2v) is 7.96. The third-order valence-corrected chi connectivity index (χ3v) is 5.30. The number of esters is 2. The lowest BCUT2D eigenvalue weighted by atomic mass is 9.96. The zero-order valence-electron chi connectivity index (χ0n) is 19.1. The van der Waals surface area contributed by atoms with Gasteiger partial charge in [-0.2, -0.15) is 0 Å². The molecule has 5 nitrogen and oxygen atoms in total. The lowest BCUT2D eigenvalue weighted by Gasteiger charge is -2.23. The first-order chi connectivity index (χ1) is 15.4. The number of fused-ring (bicyclic) bond motifs is 1. The summed E-state index contributed by atoms with van der Waals surface area (Å²) < 4.78 is 16.0. The molecule has 168 valence electrons. The van der Waals surface area contributed by atoms with Crippen LogP contribution < -0.4 is 4.74 Å². The van der Waals surface area contributed by atoms with Crippen molar-refractivity contribution in [1.82, 2.24) is 0 Å². The fraction of sp³-hybridized carbons (Fsp3) is 0.333. The molecule has 0 saturated carbocycles. The van der Waals surface area contributed by atoms with E-state index >= 15 is 0 Å². The summed E-state index contributed by atoms with van der Waals surface area (Å²) in [5, 5.41) is 2.31. The van der Waals surface area contributed by atoms with E-state index in [1.54, 1.807) is 0 Å². The normalized spacial score (nSPS) is 11.9. The third-order valence-electron chi connectivity index (χ3n) is 5.30. The van der Waals surface area contributed by atoms with Gasteiger partial charge < -0.3 is 14.2 Å². The molecule has 0 heterocycles. The van der Waals surface area contributed by atoms with Crippen molar-refractivity contribution in [2.45, 2.75) is 46.8 Å². The van der Waals surface area contributed by atoms with Crippen LogP contribution in [-0.2, 0) is 25.5 Å². The van der Waals surface area contributed by atoms with E-state index in [-0.39, 0.29) is 5.92 Å². The predicted molar refractivity (Wildman–Crippen MR) is 125 cm³/mol. The topological polar surface area (TPSA) is 61.8 Å². The summed E-state index contributed by atoms with van der Waals surface area (Å²) in [6, 6.07) is 21.0. The Bertz CT molecular complexity index is 1070. The van der Waals surface area contributed by atoms with Crippen molar-refractivity contribution in [2.75, 3.05) is 6.61 Å². The molecule has 0 aliphatic rings. The minimum atomic E-state index is -0.866. The van der Waals surface area contributed by atoms with Crippen LogP contribution in [0.15, 0.2) is 60.7 Å². The maximum absolute atomic E-state index is 11.3. The van der Waals surface area contributed by atoms with Crippen molar-refractivity contribution in [3.8, 4) is 16.9 Å². The summed E-state index contributed by atoms with van der Waals surface area (Å²) in [5.74, 6) is -0.166. The largest absolute Gasteiger partial charge is 0.494 e. The Balaban J connectivity index is 1.72. The van der Waals surface area contributed by atoms with Crippen molar-refractivity contribution in [2.24, 2.45) is 5.92 Å². The van der Waals surface area contributed by atoms with Crippen LogP contribution in [-0.4, -0.2) is 24.8 Å². The Kier molecular flexibility index (Phi) is 7.87. The Labute approximate surface area is 189 Å². The van der Waals surface area contributed by atoms with E-state index in [4.69, 9.17) is 14.2 Å². The van der Waals surface area contributed by atoms with Crippen LogP contribution in [0.2, 0.25) is 0 Å². The number of benzene rings is 3. The minimum Gasteiger partial charge on any atom is -0.494 e. The molecule has 5 heteroatoms. The summed E-state index contributed by atoms with van der Waals surface area (Å²) in [6.07, 6.45) is 0.626. The number of carbonyl (C=O) groups is 2. The van der Waals surface area contributed by atoms with Gasteiger partial charge in [-0.25, -0.2) is 0 Å². The molecule has 32 heavy (non-hydrogen) atoms. The van der Waals surface area contributed by atoms with E-state index in [1.807, 2.05) is 26.0 Å². The summed E-state index contributed by atoms with van der Waals surface area (Å²) in [5.41, 5.74) is 3.46. The molecule has 3 rings (SSSR count). The molecule has 0 amide bonds. The van der Waals surface area contributed by atoms with Gasteiger partial charge in [-0.3, -0.25) is 9.59 Å². The maximum Gasteiger partial charge on any atom is 0.305 e. The molecule has 3 aromatic carbocycles. The van der Waals surface area contributed by atoms with Crippen LogP contribution in [0.3, 0.4) is 0 Å². The molecule has 0 radical (unpaired) electrons. The zero-order valence-corrected chi connectivity index (χ0v) is 19.1. The number of aryl methyl sites for hydroxylation is 1. The maximum atomic E-state index is 11.3. The number of hydrogen-bond acceptors (Lipinski definition) is 5. The minimum absolute atomic E-state index is 0.119. The highest BCUT2D eigenvalue weighted by Crippen LogP contribution is 2.28. The first-order valence-corrected chi connectivity index (χ1v) is 11.0. The molecule has 0 fully saturated rings. The predicted octanol–water partition coefficient (Wildman–Crippen LogP) is 5.93. The van der Waals surface area contributed by atoms with Crippen molar-refractivity contribution in [1.29, 1.82) is 0 Å². The Hall–Kier alpha value is -3.34. The van der Waals surface area contributed by atoms with Gasteiger partial charge in [-0.1, -0.05) is 49.4 Å². The monoisotopic (exact) mass is 434 g/mol. The standard InChI is InChI=1S/C27H30O5/c1-5-30-26-14-13-24-16-23(11-12-25(24)17-26)22-8-6-7-21(15-22)10-9-18(2)27(31-19(3)28)32-20(4)29/h6-8,11-18,27H,5,9-10H2,1-4H3. The van der Waals surface area contributed by atoms with Crippen molar-refractivity contribution in [3.63, 3.8) is 0 Å². The molecule has 1 atom stereocenters. The van der Waals surface area contributed by atoms with Crippen molar-refractivity contribution < 1.29 is 23.8 Å². The fourth-order valence-electron chi connectivity index (χ4n) is 3.68. The molecule has 0 aliphatic carbocycles. The van der Waals surface area contributed by atoms with Gasteiger partial charge in [0.15, 0.2) is 0 Å². The second-order valence-electron chi connectivity index (χ2n) is 7.96. The van der Waals surface area contributed by atoms with Gasteiger partial charge in [0.25, 0.3) is 0 Å². The van der Waals surface area contributed by atoms with Crippen LogP contribution in [0, 0.1) is 5.92 Å². The Morgan fingerprint density at radius 1 is 0.844 bits per heavy atom. The second kappa shape index (κ2) is 10.8. The highest BCUT2D eigenvalue weighted by molar-refractivity contribution is 5.88. The van der Waals surface area contributed by atoms with Gasteiger partial charge in [0.1, 0.15) is 5.75 Å². The molecular formula is C27H30O5. The summed E-state index contributed by atoms with van der Waals surface area (Å²) in [6.45, 7) is 7.17. The van der Waals surface area contributed by atoms with E-state index in [9.17, 15) is 9.59 Å². The van der Waals surface area contributed by atoms with Crippen LogP contribution >= 0.6 is 0 Å². The molecule has 1 unspecified atom stereocenters. The first kappa shape index (κ1) is 23.3. The average Bonchev–Trinajstić information content (AvgIpc) is 2.76. The number of rotatable bonds is 9. The lowest BCUT2D eigenvalue weighted by Crippen LogP contribution is -2.29. The lowest BCUT2D eigenvalue weighted by molar-refractivity contribution is -0.194. The SMILES string of the molecule is CCOc1ccc2cc(-c3cccc(CCC(C)C(OC(C)=O)OC(C)=O)c3)ccc2c1. The molecule has 0 bridgehead atoms. The van der Waals surface area contributed by atoms with Gasteiger partial charge >= 0.3 is 11.9 Å². The van der Waals surface area contributed by atoms with Gasteiger partial charge in [0.05, 0.1) is 6.61 Å². The van der Waals surface area contributed by atoms with E-state index in [0.29, 0.717) is 13.0 Å². The highest BCUT2D eigenvalue weighted by atomic mass is 16.7.